The quantitative estimate of drug-likeness (QED) is 0.228. The van der Waals surface area contributed by atoms with E-state index in [0.29, 0.717) is 0 Å². The van der Waals surface area contributed by atoms with Crippen LogP contribution >= 0.6 is 0 Å². The molecule has 0 atom stereocenters. The second-order valence-electron chi connectivity index (χ2n) is 6.82. The summed E-state index contributed by atoms with van der Waals surface area (Å²) < 4.78 is 0. The molecule has 0 saturated carbocycles. The summed E-state index contributed by atoms with van der Waals surface area (Å²) in [5, 5.41) is 0. The molecule has 0 bridgehead atoms. The Labute approximate surface area is 145 Å². The fourth-order valence-corrected chi connectivity index (χ4v) is 3.05. The molecule has 1 aromatic rings. The van der Waals surface area contributed by atoms with Crippen molar-refractivity contribution >= 4 is 0 Å². The van der Waals surface area contributed by atoms with Crippen molar-refractivity contribution in [3.63, 3.8) is 0 Å². The average Bonchev–Trinajstić information content (AvgIpc) is 2.59. The summed E-state index contributed by atoms with van der Waals surface area (Å²) in [6.45, 7) is 2.29. The molecule has 0 nitrogen and oxygen atoms in total. The van der Waals surface area contributed by atoms with Gasteiger partial charge in [-0.1, -0.05) is 107 Å². The van der Waals surface area contributed by atoms with Crippen molar-refractivity contribution in [2.45, 2.75) is 96.8 Å². The second-order valence-corrected chi connectivity index (χ2v) is 6.82. The average molecular weight is 315 g/mol. The first kappa shape index (κ1) is 20.0. The van der Waals surface area contributed by atoms with E-state index in [1.165, 1.54) is 95.5 Å². The van der Waals surface area contributed by atoms with E-state index in [4.69, 9.17) is 0 Å². The Hall–Kier alpha value is -1.04. The molecule has 130 valence electrons. The first-order chi connectivity index (χ1) is 11.4. The number of allylic oxidation sites excluding steroid dienone is 2. The minimum atomic E-state index is 1.21. The Kier molecular flexibility index (Phi) is 13.8. The molecule has 0 fully saturated rings. The van der Waals surface area contributed by atoms with Crippen LogP contribution in [-0.2, 0) is 6.42 Å². The standard InChI is InChI=1S/C23H38/c1-2-3-4-5-6-7-8-9-10-11-12-13-14-15-17-20-23-21-18-16-19-22-23/h13-14,16,18-19,21-22H,2-12,15,17,20H2,1H3/b14-13+. The highest BCUT2D eigenvalue weighted by Crippen LogP contribution is 2.11. The minimum Gasteiger partial charge on any atom is -0.0885 e. The molecule has 0 unspecified atom stereocenters. The SMILES string of the molecule is CCCCCCCCCCCC/C=C/CCCc1ccccc1. The van der Waals surface area contributed by atoms with Gasteiger partial charge in [-0.2, -0.15) is 0 Å². The molecule has 23 heavy (non-hydrogen) atoms. The Morgan fingerprint density at radius 2 is 1.13 bits per heavy atom. The van der Waals surface area contributed by atoms with E-state index in [0.717, 1.165) is 0 Å². The summed E-state index contributed by atoms with van der Waals surface area (Å²) in [6.07, 6.45) is 24.1. The van der Waals surface area contributed by atoms with Crippen LogP contribution in [0, 0.1) is 0 Å². The molecule has 0 aliphatic heterocycles. The van der Waals surface area contributed by atoms with Crippen molar-refractivity contribution in [3.05, 3.63) is 48.0 Å². The van der Waals surface area contributed by atoms with E-state index >= 15 is 0 Å². The summed E-state index contributed by atoms with van der Waals surface area (Å²) in [5.74, 6) is 0. The molecule has 0 N–H and O–H groups in total. The van der Waals surface area contributed by atoms with Gasteiger partial charge < -0.3 is 0 Å². The normalized spacial score (nSPS) is 11.3. The van der Waals surface area contributed by atoms with Gasteiger partial charge in [0.15, 0.2) is 0 Å². The molecule has 0 heteroatoms. The lowest BCUT2D eigenvalue weighted by Gasteiger charge is -2.01. The van der Waals surface area contributed by atoms with Crippen LogP contribution in [0.5, 0.6) is 0 Å². The summed E-state index contributed by atoms with van der Waals surface area (Å²) in [4.78, 5) is 0. The topological polar surface area (TPSA) is 0 Å². The molecule has 0 aromatic heterocycles. The number of aryl methyl sites for hydroxylation is 1. The van der Waals surface area contributed by atoms with E-state index in [1.807, 2.05) is 0 Å². The molecule has 0 spiro atoms. The van der Waals surface area contributed by atoms with Gasteiger partial charge in [-0.05, 0) is 37.7 Å². The van der Waals surface area contributed by atoms with Gasteiger partial charge in [-0.3, -0.25) is 0 Å². The lowest BCUT2D eigenvalue weighted by Crippen LogP contribution is -1.83. The van der Waals surface area contributed by atoms with Crippen LogP contribution < -0.4 is 0 Å². The fourth-order valence-electron chi connectivity index (χ4n) is 3.05. The maximum absolute atomic E-state index is 2.40. The molecule has 0 amide bonds. The molecule has 0 saturated heterocycles. The monoisotopic (exact) mass is 314 g/mol. The number of hydrogen-bond acceptors (Lipinski definition) is 0. The molecule has 1 aromatic carbocycles. The number of rotatable bonds is 15. The van der Waals surface area contributed by atoms with E-state index in [2.05, 4.69) is 49.4 Å². The van der Waals surface area contributed by atoms with Crippen molar-refractivity contribution in [3.8, 4) is 0 Å². The molecule has 0 heterocycles. The van der Waals surface area contributed by atoms with Crippen molar-refractivity contribution in [2.24, 2.45) is 0 Å². The molecular weight excluding hydrogens is 276 g/mol. The van der Waals surface area contributed by atoms with E-state index < -0.39 is 0 Å². The van der Waals surface area contributed by atoms with Gasteiger partial charge in [0.05, 0.1) is 0 Å². The fraction of sp³-hybridized carbons (Fsp3) is 0.652. The third kappa shape index (κ3) is 13.1. The molecular formula is C23H38. The zero-order valence-corrected chi connectivity index (χ0v) is 15.4. The van der Waals surface area contributed by atoms with Gasteiger partial charge >= 0.3 is 0 Å². The molecule has 0 aliphatic rings. The molecule has 0 aliphatic carbocycles. The summed E-state index contributed by atoms with van der Waals surface area (Å²) in [7, 11) is 0. The smallest absolute Gasteiger partial charge is 0.0276 e. The van der Waals surface area contributed by atoms with Gasteiger partial charge in [-0.15, -0.1) is 0 Å². The van der Waals surface area contributed by atoms with E-state index in [-0.39, 0.29) is 0 Å². The van der Waals surface area contributed by atoms with Crippen LogP contribution in [0.3, 0.4) is 0 Å². The van der Waals surface area contributed by atoms with Gasteiger partial charge in [0.2, 0.25) is 0 Å². The maximum Gasteiger partial charge on any atom is -0.0276 e. The largest absolute Gasteiger partial charge is 0.0885 e. The number of unbranched alkanes of at least 4 members (excludes halogenated alkanes) is 11. The molecule has 0 radical (unpaired) electrons. The molecule has 1 rings (SSSR count). The van der Waals surface area contributed by atoms with Gasteiger partial charge in [-0.25, -0.2) is 0 Å². The second kappa shape index (κ2) is 15.8. The highest BCUT2D eigenvalue weighted by Gasteiger charge is 1.92. The third-order valence-corrected chi connectivity index (χ3v) is 4.57. The van der Waals surface area contributed by atoms with Crippen molar-refractivity contribution < 1.29 is 0 Å². The van der Waals surface area contributed by atoms with Crippen LogP contribution in [0.4, 0.5) is 0 Å². The van der Waals surface area contributed by atoms with E-state index in [9.17, 15) is 0 Å². The van der Waals surface area contributed by atoms with Crippen LogP contribution in [0.2, 0.25) is 0 Å². The zero-order chi connectivity index (χ0) is 16.4. The first-order valence-electron chi connectivity index (χ1n) is 10.1. The van der Waals surface area contributed by atoms with Crippen molar-refractivity contribution in [1.82, 2.24) is 0 Å². The Balaban J connectivity index is 1.78. The van der Waals surface area contributed by atoms with Crippen molar-refractivity contribution in [2.75, 3.05) is 0 Å². The highest BCUT2D eigenvalue weighted by molar-refractivity contribution is 5.14. The predicted octanol–water partition coefficient (Wildman–Crippen LogP) is 7.88. The lowest BCUT2D eigenvalue weighted by molar-refractivity contribution is 0.557. The number of benzene rings is 1. The van der Waals surface area contributed by atoms with Crippen LogP contribution in [0.25, 0.3) is 0 Å². The van der Waals surface area contributed by atoms with Crippen molar-refractivity contribution in [1.29, 1.82) is 0 Å². The van der Waals surface area contributed by atoms with Gasteiger partial charge in [0.1, 0.15) is 0 Å². The lowest BCUT2D eigenvalue weighted by atomic mass is 10.1. The van der Waals surface area contributed by atoms with Crippen LogP contribution in [0.15, 0.2) is 42.5 Å². The summed E-state index contributed by atoms with van der Waals surface area (Å²) in [6, 6.07) is 10.8. The zero-order valence-electron chi connectivity index (χ0n) is 15.4. The van der Waals surface area contributed by atoms with E-state index in [1.54, 1.807) is 0 Å². The highest BCUT2D eigenvalue weighted by atomic mass is 14.0. The summed E-state index contributed by atoms with van der Waals surface area (Å²) >= 11 is 0. The van der Waals surface area contributed by atoms with Crippen LogP contribution in [0.1, 0.15) is 96.0 Å². The third-order valence-electron chi connectivity index (χ3n) is 4.57. The number of hydrogen-bond donors (Lipinski definition) is 0. The Morgan fingerprint density at radius 1 is 0.609 bits per heavy atom. The Bertz CT molecular complexity index is 363. The predicted molar refractivity (Wildman–Crippen MR) is 105 cm³/mol. The summed E-state index contributed by atoms with van der Waals surface area (Å²) in [5.41, 5.74) is 1.47. The van der Waals surface area contributed by atoms with Gasteiger partial charge in [0.25, 0.3) is 0 Å². The Morgan fingerprint density at radius 3 is 1.74 bits per heavy atom. The first-order valence-corrected chi connectivity index (χ1v) is 10.1. The minimum absolute atomic E-state index is 1.21. The van der Waals surface area contributed by atoms with Gasteiger partial charge in [0, 0.05) is 0 Å². The van der Waals surface area contributed by atoms with Crippen LogP contribution in [-0.4, -0.2) is 0 Å². The maximum atomic E-state index is 2.40.